The lowest BCUT2D eigenvalue weighted by Crippen LogP contribution is -2.15. The summed E-state index contributed by atoms with van der Waals surface area (Å²) in [5.41, 5.74) is -0.545. The highest BCUT2D eigenvalue weighted by Crippen LogP contribution is 2.24. The molecule has 0 aliphatic rings. The van der Waals surface area contributed by atoms with Crippen molar-refractivity contribution in [3.8, 4) is 0 Å². The van der Waals surface area contributed by atoms with Gasteiger partial charge >= 0.3 is 5.97 Å². The Morgan fingerprint density at radius 3 is 2.60 bits per heavy atom. The highest BCUT2D eigenvalue weighted by atomic mass is 35.5. The van der Waals surface area contributed by atoms with Crippen LogP contribution < -0.4 is 5.32 Å². The highest BCUT2D eigenvalue weighted by molar-refractivity contribution is 7.12. The number of halogens is 3. The smallest absolute Gasteiger partial charge is 0.348 e. The maximum atomic E-state index is 13.5. The lowest BCUT2D eigenvalue weighted by Gasteiger charge is -2.06. The number of hydrogen-bond acceptors (Lipinski definition) is 3. The summed E-state index contributed by atoms with van der Waals surface area (Å²) in [6, 6.07) is 2.69. The summed E-state index contributed by atoms with van der Waals surface area (Å²) in [5, 5.41) is 12.1. The first-order chi connectivity index (χ1) is 9.40. The van der Waals surface area contributed by atoms with Gasteiger partial charge < -0.3 is 10.4 Å². The first-order valence-corrected chi connectivity index (χ1v) is 6.42. The lowest BCUT2D eigenvalue weighted by atomic mass is 10.2. The van der Waals surface area contributed by atoms with Crippen LogP contribution in [-0.4, -0.2) is 17.0 Å². The summed E-state index contributed by atoms with van der Waals surface area (Å²) < 4.78 is 26.8. The van der Waals surface area contributed by atoms with Crippen LogP contribution >= 0.6 is 22.9 Å². The summed E-state index contributed by atoms with van der Waals surface area (Å²) in [7, 11) is 0. The lowest BCUT2D eigenvalue weighted by molar-refractivity contribution is 0.0703. The minimum Gasteiger partial charge on any atom is -0.477 e. The summed E-state index contributed by atoms with van der Waals surface area (Å²) in [5.74, 6) is -4.12. The second-order valence-electron chi connectivity index (χ2n) is 3.67. The van der Waals surface area contributed by atoms with Crippen molar-refractivity contribution in [3.63, 3.8) is 0 Å². The van der Waals surface area contributed by atoms with E-state index in [2.05, 4.69) is 5.32 Å². The fourth-order valence-corrected chi connectivity index (χ4v) is 2.30. The Kier molecular flexibility index (Phi) is 4.01. The van der Waals surface area contributed by atoms with Gasteiger partial charge in [-0.05, 0) is 23.6 Å². The number of nitrogens with one attached hydrogen (secondary N) is 1. The number of amides is 1. The normalized spacial score (nSPS) is 10.3. The first kappa shape index (κ1) is 14.4. The number of rotatable bonds is 3. The molecule has 1 aromatic carbocycles. The van der Waals surface area contributed by atoms with Crippen LogP contribution in [0, 0.1) is 11.6 Å². The number of carbonyl (C=O) groups excluding carboxylic acids is 1. The molecule has 0 saturated carbocycles. The van der Waals surface area contributed by atoms with Crippen LogP contribution in [0.25, 0.3) is 0 Å². The Hall–Kier alpha value is -1.99. The molecule has 2 aromatic rings. The zero-order chi connectivity index (χ0) is 14.9. The van der Waals surface area contributed by atoms with E-state index >= 15 is 0 Å². The van der Waals surface area contributed by atoms with Crippen LogP contribution in [0.2, 0.25) is 5.02 Å². The van der Waals surface area contributed by atoms with E-state index in [4.69, 9.17) is 16.7 Å². The van der Waals surface area contributed by atoms with E-state index in [-0.39, 0.29) is 10.6 Å². The van der Waals surface area contributed by atoms with Crippen molar-refractivity contribution in [1.29, 1.82) is 0 Å². The molecule has 0 aliphatic carbocycles. The highest BCUT2D eigenvalue weighted by Gasteiger charge is 2.19. The number of carbonyl (C=O) groups is 2. The van der Waals surface area contributed by atoms with Gasteiger partial charge in [-0.15, -0.1) is 11.3 Å². The fourth-order valence-electron chi connectivity index (χ4n) is 1.46. The van der Waals surface area contributed by atoms with Crippen molar-refractivity contribution >= 4 is 40.5 Å². The van der Waals surface area contributed by atoms with E-state index in [1.165, 1.54) is 11.4 Å². The molecule has 1 amide bonds. The van der Waals surface area contributed by atoms with E-state index in [0.29, 0.717) is 12.1 Å². The molecule has 0 saturated heterocycles. The standard InChI is InChI=1S/C12H6ClF2NO3S/c13-6-4-7(14)5(3-8(6)15)11(17)16-9-1-2-20-10(9)12(18)19/h1-4H,(H,16,17)(H,18,19). The van der Waals surface area contributed by atoms with Crippen molar-refractivity contribution in [2.24, 2.45) is 0 Å². The van der Waals surface area contributed by atoms with Crippen LogP contribution in [0.1, 0.15) is 20.0 Å². The third-order valence-electron chi connectivity index (χ3n) is 2.36. The molecule has 1 aromatic heterocycles. The second kappa shape index (κ2) is 5.56. The van der Waals surface area contributed by atoms with Gasteiger partial charge in [-0.25, -0.2) is 13.6 Å². The Labute approximate surface area is 120 Å². The molecule has 0 spiro atoms. The molecule has 0 bridgehead atoms. The molecular weight excluding hydrogens is 312 g/mol. The number of carboxylic acids is 1. The molecular formula is C12H6ClF2NO3S. The van der Waals surface area contributed by atoms with Gasteiger partial charge in [0.1, 0.15) is 16.5 Å². The minimum absolute atomic E-state index is 0.0160. The van der Waals surface area contributed by atoms with Gasteiger partial charge in [0.15, 0.2) is 0 Å². The number of hydrogen-bond donors (Lipinski definition) is 2. The zero-order valence-corrected chi connectivity index (χ0v) is 11.2. The molecule has 0 radical (unpaired) electrons. The fraction of sp³-hybridized carbons (Fsp3) is 0. The molecule has 0 aliphatic heterocycles. The average Bonchev–Trinajstić information content (AvgIpc) is 2.81. The van der Waals surface area contributed by atoms with Crippen molar-refractivity contribution in [1.82, 2.24) is 0 Å². The van der Waals surface area contributed by atoms with Gasteiger partial charge in [0.05, 0.1) is 16.3 Å². The number of benzene rings is 1. The number of thiophene rings is 1. The average molecular weight is 318 g/mol. The summed E-state index contributed by atoms with van der Waals surface area (Å²) in [6.45, 7) is 0. The van der Waals surface area contributed by atoms with Gasteiger partial charge in [0.25, 0.3) is 5.91 Å². The maximum absolute atomic E-state index is 13.5. The van der Waals surface area contributed by atoms with E-state index < -0.39 is 34.1 Å². The molecule has 2 rings (SSSR count). The topological polar surface area (TPSA) is 66.4 Å². The SMILES string of the molecule is O=C(Nc1ccsc1C(=O)O)c1cc(F)c(Cl)cc1F. The monoisotopic (exact) mass is 317 g/mol. The van der Waals surface area contributed by atoms with Gasteiger partial charge in [0, 0.05) is 0 Å². The van der Waals surface area contributed by atoms with E-state index in [1.54, 1.807) is 0 Å². The molecule has 20 heavy (non-hydrogen) atoms. The van der Waals surface area contributed by atoms with Crippen molar-refractivity contribution in [2.45, 2.75) is 0 Å². The summed E-state index contributed by atoms with van der Waals surface area (Å²) >= 11 is 6.28. The third-order valence-corrected chi connectivity index (χ3v) is 3.55. The molecule has 1 heterocycles. The Balaban J connectivity index is 2.31. The quantitative estimate of drug-likeness (QED) is 0.849. The minimum atomic E-state index is -1.22. The van der Waals surface area contributed by atoms with Gasteiger partial charge in [-0.3, -0.25) is 4.79 Å². The molecule has 8 heteroatoms. The van der Waals surface area contributed by atoms with Gasteiger partial charge in [-0.1, -0.05) is 11.6 Å². The van der Waals surface area contributed by atoms with Crippen LogP contribution in [-0.2, 0) is 0 Å². The first-order valence-electron chi connectivity index (χ1n) is 5.17. The molecule has 4 nitrogen and oxygen atoms in total. The van der Waals surface area contributed by atoms with Crippen molar-refractivity contribution < 1.29 is 23.5 Å². The largest absolute Gasteiger partial charge is 0.477 e. The van der Waals surface area contributed by atoms with Gasteiger partial charge in [-0.2, -0.15) is 0 Å². The van der Waals surface area contributed by atoms with Crippen molar-refractivity contribution in [3.05, 3.63) is 50.7 Å². The number of anilines is 1. The number of carboxylic acid groups (broad SMARTS) is 1. The summed E-state index contributed by atoms with van der Waals surface area (Å²) in [4.78, 5) is 22.6. The van der Waals surface area contributed by atoms with Crippen LogP contribution in [0.3, 0.4) is 0 Å². The molecule has 0 fully saturated rings. The summed E-state index contributed by atoms with van der Waals surface area (Å²) in [6.07, 6.45) is 0. The van der Waals surface area contributed by atoms with Crippen LogP contribution in [0.4, 0.5) is 14.5 Å². The molecule has 104 valence electrons. The second-order valence-corrected chi connectivity index (χ2v) is 4.99. The Bertz CT molecular complexity index is 702. The number of aromatic carboxylic acids is 1. The van der Waals surface area contributed by atoms with Gasteiger partial charge in [0.2, 0.25) is 0 Å². The van der Waals surface area contributed by atoms with Crippen molar-refractivity contribution in [2.75, 3.05) is 5.32 Å². The zero-order valence-electron chi connectivity index (χ0n) is 9.62. The molecule has 2 N–H and O–H groups in total. The van der Waals surface area contributed by atoms with E-state index in [0.717, 1.165) is 11.3 Å². The Morgan fingerprint density at radius 1 is 1.25 bits per heavy atom. The third kappa shape index (κ3) is 2.78. The predicted molar refractivity (Wildman–Crippen MR) is 70.6 cm³/mol. The van der Waals surface area contributed by atoms with E-state index in [1.807, 2.05) is 0 Å². The molecule has 0 unspecified atom stereocenters. The van der Waals surface area contributed by atoms with E-state index in [9.17, 15) is 18.4 Å². The maximum Gasteiger partial charge on any atom is 0.348 e. The Morgan fingerprint density at radius 2 is 1.95 bits per heavy atom. The van der Waals surface area contributed by atoms with Crippen LogP contribution in [0.15, 0.2) is 23.6 Å². The van der Waals surface area contributed by atoms with Crippen LogP contribution in [0.5, 0.6) is 0 Å². The molecule has 0 atom stereocenters. The predicted octanol–water partition coefficient (Wildman–Crippen LogP) is 3.63.